The van der Waals surface area contributed by atoms with Crippen LogP contribution in [0.5, 0.6) is 0 Å². The number of hydrogen-bond donors (Lipinski definition) is 1. The lowest BCUT2D eigenvalue weighted by Crippen LogP contribution is -2.35. The standard InChI is InChI=1S/C17H17N3O4/c1-3-9-20(10-4-2)14(21)11-24-17(23)15-12-7-5-6-8-13(12)16(22)19-18-15/h3-8H,1-2,9-11H2,(H,19,22). The van der Waals surface area contributed by atoms with E-state index >= 15 is 0 Å². The van der Waals surface area contributed by atoms with Gasteiger partial charge in [-0.15, -0.1) is 13.2 Å². The molecule has 1 heterocycles. The fourth-order valence-electron chi connectivity index (χ4n) is 2.15. The van der Waals surface area contributed by atoms with Gasteiger partial charge in [-0.25, -0.2) is 9.89 Å². The normalized spacial score (nSPS) is 10.2. The number of fused-ring (bicyclic) bond motifs is 1. The average molecular weight is 327 g/mol. The molecule has 7 heteroatoms. The first-order valence-corrected chi connectivity index (χ1v) is 7.22. The van der Waals surface area contributed by atoms with Gasteiger partial charge in [0.05, 0.1) is 5.39 Å². The second kappa shape index (κ2) is 7.87. The molecule has 1 N–H and O–H groups in total. The number of carbonyl (C=O) groups is 2. The lowest BCUT2D eigenvalue weighted by molar-refractivity contribution is -0.133. The first-order chi connectivity index (χ1) is 11.6. The molecule has 0 radical (unpaired) electrons. The molecule has 2 rings (SSSR count). The molecule has 2 aromatic rings. The van der Waals surface area contributed by atoms with Gasteiger partial charge in [-0.1, -0.05) is 30.4 Å². The van der Waals surface area contributed by atoms with Crippen LogP contribution in [0, 0.1) is 0 Å². The Labute approximate surface area is 138 Å². The van der Waals surface area contributed by atoms with E-state index in [4.69, 9.17) is 4.74 Å². The number of ether oxygens (including phenoxy) is 1. The third-order valence-corrected chi connectivity index (χ3v) is 3.27. The molecule has 1 aromatic heterocycles. The first-order valence-electron chi connectivity index (χ1n) is 7.22. The first kappa shape index (κ1) is 17.1. The molecule has 7 nitrogen and oxygen atoms in total. The number of aromatic amines is 1. The van der Waals surface area contributed by atoms with Crippen LogP contribution in [0.4, 0.5) is 0 Å². The fourth-order valence-corrected chi connectivity index (χ4v) is 2.15. The van der Waals surface area contributed by atoms with Crippen molar-refractivity contribution in [1.82, 2.24) is 15.1 Å². The van der Waals surface area contributed by atoms with E-state index in [1.54, 1.807) is 36.4 Å². The van der Waals surface area contributed by atoms with Gasteiger partial charge in [-0.05, 0) is 6.07 Å². The van der Waals surface area contributed by atoms with Crippen molar-refractivity contribution >= 4 is 22.6 Å². The molecule has 0 unspecified atom stereocenters. The molecule has 0 aliphatic carbocycles. The second-order valence-electron chi connectivity index (χ2n) is 4.90. The summed E-state index contributed by atoms with van der Waals surface area (Å²) >= 11 is 0. The Bertz CT molecular complexity index is 831. The molecule has 0 spiro atoms. The monoisotopic (exact) mass is 327 g/mol. The lowest BCUT2D eigenvalue weighted by Gasteiger charge is -2.18. The van der Waals surface area contributed by atoms with Crippen LogP contribution in [0.15, 0.2) is 54.4 Å². The fraction of sp³-hybridized carbons (Fsp3) is 0.176. The Morgan fingerprint density at radius 1 is 1.17 bits per heavy atom. The van der Waals surface area contributed by atoms with Gasteiger partial charge in [0.2, 0.25) is 0 Å². The van der Waals surface area contributed by atoms with E-state index in [0.29, 0.717) is 23.9 Å². The molecule has 0 fully saturated rings. The molecule has 1 amide bonds. The Hall–Kier alpha value is -3.22. The van der Waals surface area contributed by atoms with Crippen LogP contribution in [0.1, 0.15) is 10.5 Å². The van der Waals surface area contributed by atoms with Gasteiger partial charge >= 0.3 is 5.97 Å². The van der Waals surface area contributed by atoms with Crippen LogP contribution in [0.2, 0.25) is 0 Å². The number of hydrogen-bond acceptors (Lipinski definition) is 5. The number of nitrogens with zero attached hydrogens (tertiary/aromatic N) is 2. The lowest BCUT2D eigenvalue weighted by atomic mass is 10.1. The van der Waals surface area contributed by atoms with Crippen molar-refractivity contribution in [3.05, 3.63) is 65.6 Å². The van der Waals surface area contributed by atoms with E-state index in [1.165, 1.54) is 4.90 Å². The highest BCUT2D eigenvalue weighted by Crippen LogP contribution is 2.13. The van der Waals surface area contributed by atoms with Crippen LogP contribution in [-0.4, -0.2) is 46.7 Å². The predicted octanol–water partition coefficient (Wildman–Crippen LogP) is 1.28. The number of carbonyl (C=O) groups excluding carboxylic acids is 2. The van der Waals surface area contributed by atoms with Crippen molar-refractivity contribution in [1.29, 1.82) is 0 Å². The number of amides is 1. The maximum atomic E-state index is 12.2. The summed E-state index contributed by atoms with van der Waals surface area (Å²) in [7, 11) is 0. The Balaban J connectivity index is 2.15. The minimum atomic E-state index is -0.784. The zero-order chi connectivity index (χ0) is 17.5. The molecule has 124 valence electrons. The number of esters is 1. The third kappa shape index (κ3) is 3.75. The quantitative estimate of drug-likeness (QED) is 0.611. The van der Waals surface area contributed by atoms with Gasteiger partial charge in [0.25, 0.3) is 11.5 Å². The number of H-pyrrole nitrogens is 1. The minimum Gasteiger partial charge on any atom is -0.451 e. The van der Waals surface area contributed by atoms with Gasteiger partial charge in [-0.3, -0.25) is 9.59 Å². The summed E-state index contributed by atoms with van der Waals surface area (Å²) in [5, 5.41) is 6.67. The van der Waals surface area contributed by atoms with E-state index in [-0.39, 0.29) is 11.6 Å². The van der Waals surface area contributed by atoms with Gasteiger partial charge in [0.15, 0.2) is 12.3 Å². The summed E-state index contributed by atoms with van der Waals surface area (Å²) in [4.78, 5) is 37.4. The Morgan fingerprint density at radius 2 is 1.79 bits per heavy atom. The van der Waals surface area contributed by atoms with Crippen LogP contribution in [0.25, 0.3) is 10.8 Å². The Kier molecular flexibility index (Phi) is 5.62. The summed E-state index contributed by atoms with van der Waals surface area (Å²) in [5.41, 5.74) is -0.446. The molecule has 0 saturated heterocycles. The number of aromatic nitrogens is 2. The van der Waals surface area contributed by atoms with E-state index in [1.807, 2.05) is 0 Å². The minimum absolute atomic E-state index is 0.0445. The summed E-state index contributed by atoms with van der Waals surface area (Å²) in [6, 6.07) is 6.53. The van der Waals surface area contributed by atoms with Gasteiger partial charge in [-0.2, -0.15) is 5.10 Å². The topological polar surface area (TPSA) is 92.4 Å². The number of nitrogens with one attached hydrogen (secondary N) is 1. The molecule has 0 bridgehead atoms. The number of benzene rings is 1. The largest absolute Gasteiger partial charge is 0.451 e. The van der Waals surface area contributed by atoms with Crippen molar-refractivity contribution in [2.75, 3.05) is 19.7 Å². The zero-order valence-corrected chi connectivity index (χ0v) is 13.0. The zero-order valence-electron chi connectivity index (χ0n) is 13.0. The van der Waals surface area contributed by atoms with Crippen LogP contribution in [0.3, 0.4) is 0 Å². The number of rotatable bonds is 7. The highest BCUT2D eigenvalue weighted by molar-refractivity contribution is 6.02. The summed E-state index contributed by atoms with van der Waals surface area (Å²) < 4.78 is 5.03. The molecule has 0 aliphatic heterocycles. The predicted molar refractivity (Wildman–Crippen MR) is 89.6 cm³/mol. The Morgan fingerprint density at radius 3 is 2.42 bits per heavy atom. The average Bonchev–Trinajstić information content (AvgIpc) is 2.60. The highest BCUT2D eigenvalue weighted by atomic mass is 16.5. The van der Waals surface area contributed by atoms with Crippen LogP contribution in [-0.2, 0) is 9.53 Å². The van der Waals surface area contributed by atoms with E-state index in [2.05, 4.69) is 23.4 Å². The summed E-state index contributed by atoms with van der Waals surface area (Å²) in [5.74, 6) is -1.16. The van der Waals surface area contributed by atoms with Crippen molar-refractivity contribution in [3.63, 3.8) is 0 Å². The van der Waals surface area contributed by atoms with Crippen molar-refractivity contribution < 1.29 is 14.3 Å². The molecular weight excluding hydrogens is 310 g/mol. The van der Waals surface area contributed by atoms with E-state index < -0.39 is 18.1 Å². The highest BCUT2D eigenvalue weighted by Gasteiger charge is 2.18. The summed E-state index contributed by atoms with van der Waals surface area (Å²) in [6.07, 6.45) is 3.14. The SMILES string of the molecule is C=CCN(CC=C)C(=O)COC(=O)c1n[nH]c(=O)c2ccccc12. The van der Waals surface area contributed by atoms with Crippen molar-refractivity contribution in [2.45, 2.75) is 0 Å². The summed E-state index contributed by atoms with van der Waals surface area (Å²) in [6.45, 7) is 7.35. The van der Waals surface area contributed by atoms with Gasteiger partial charge in [0, 0.05) is 18.5 Å². The third-order valence-electron chi connectivity index (χ3n) is 3.27. The second-order valence-corrected chi connectivity index (χ2v) is 4.90. The molecule has 0 atom stereocenters. The maximum Gasteiger partial charge on any atom is 0.359 e. The van der Waals surface area contributed by atoms with E-state index in [9.17, 15) is 14.4 Å². The van der Waals surface area contributed by atoms with Gasteiger partial charge in [0.1, 0.15) is 0 Å². The van der Waals surface area contributed by atoms with E-state index in [0.717, 1.165) is 0 Å². The molecule has 24 heavy (non-hydrogen) atoms. The van der Waals surface area contributed by atoms with Crippen molar-refractivity contribution in [3.8, 4) is 0 Å². The maximum absolute atomic E-state index is 12.2. The molecule has 0 saturated carbocycles. The van der Waals surface area contributed by atoms with Gasteiger partial charge < -0.3 is 9.64 Å². The van der Waals surface area contributed by atoms with Crippen LogP contribution >= 0.6 is 0 Å². The van der Waals surface area contributed by atoms with Crippen molar-refractivity contribution in [2.24, 2.45) is 0 Å². The molecule has 1 aromatic carbocycles. The molecule has 0 aliphatic rings. The smallest absolute Gasteiger partial charge is 0.359 e. The van der Waals surface area contributed by atoms with Crippen LogP contribution < -0.4 is 5.56 Å². The molecular formula is C17H17N3O4.